The van der Waals surface area contributed by atoms with Gasteiger partial charge in [0.2, 0.25) is 0 Å². The number of aliphatic hydroxyl groups excluding tert-OH is 1. The van der Waals surface area contributed by atoms with Crippen molar-refractivity contribution in [2.24, 2.45) is 11.7 Å². The molecule has 1 aliphatic carbocycles. The van der Waals surface area contributed by atoms with Crippen LogP contribution in [0.5, 0.6) is 0 Å². The molecule has 0 heterocycles. The van der Waals surface area contributed by atoms with Crippen molar-refractivity contribution in [2.45, 2.75) is 37.8 Å². The molecule has 0 amide bonds. The Kier molecular flexibility index (Phi) is 4.37. The Labute approximate surface area is 126 Å². The van der Waals surface area contributed by atoms with Crippen LogP contribution in [0.1, 0.15) is 37.3 Å². The minimum atomic E-state index is -0.432. The van der Waals surface area contributed by atoms with Crippen LogP contribution >= 0.6 is 0 Å². The second kappa shape index (κ2) is 6.42. The van der Waals surface area contributed by atoms with E-state index in [2.05, 4.69) is 24.3 Å². The van der Waals surface area contributed by atoms with E-state index < -0.39 is 6.10 Å². The molecule has 2 heteroatoms. The van der Waals surface area contributed by atoms with Gasteiger partial charge in [-0.25, -0.2) is 0 Å². The van der Waals surface area contributed by atoms with Crippen molar-refractivity contribution in [3.63, 3.8) is 0 Å². The molecular weight excluding hydrogens is 258 g/mol. The Balaban J connectivity index is 1.82. The molecule has 2 atom stereocenters. The number of aliphatic hydroxyl groups is 1. The lowest BCUT2D eigenvalue weighted by molar-refractivity contribution is 0.0845. The van der Waals surface area contributed by atoms with E-state index in [4.69, 9.17) is 5.73 Å². The lowest BCUT2D eigenvalue weighted by Gasteiger charge is -2.25. The highest BCUT2D eigenvalue weighted by Gasteiger charge is 2.28. The molecule has 0 aromatic heterocycles. The Morgan fingerprint density at radius 1 is 0.905 bits per heavy atom. The van der Waals surface area contributed by atoms with Gasteiger partial charge in [-0.3, -0.25) is 0 Å². The fourth-order valence-corrected chi connectivity index (χ4v) is 3.35. The van der Waals surface area contributed by atoms with E-state index in [1.165, 1.54) is 18.4 Å². The summed E-state index contributed by atoms with van der Waals surface area (Å²) >= 11 is 0. The van der Waals surface area contributed by atoms with Crippen molar-refractivity contribution in [2.75, 3.05) is 0 Å². The fourth-order valence-electron chi connectivity index (χ4n) is 3.35. The predicted octanol–water partition coefficient (Wildman–Crippen LogP) is 3.90. The highest BCUT2D eigenvalue weighted by Crippen LogP contribution is 2.33. The molecule has 0 radical (unpaired) electrons. The second-order valence-corrected chi connectivity index (χ2v) is 6.05. The average molecular weight is 281 g/mol. The minimum absolute atomic E-state index is 0.295. The van der Waals surface area contributed by atoms with Crippen LogP contribution in [0.15, 0.2) is 54.6 Å². The van der Waals surface area contributed by atoms with Crippen LogP contribution in [0.3, 0.4) is 0 Å². The molecule has 1 aliphatic rings. The maximum absolute atomic E-state index is 10.5. The first-order valence-corrected chi connectivity index (χ1v) is 7.85. The van der Waals surface area contributed by atoms with E-state index in [9.17, 15) is 5.11 Å². The third-order valence-electron chi connectivity index (χ3n) is 4.63. The summed E-state index contributed by atoms with van der Waals surface area (Å²) in [5.74, 6) is 0.361. The van der Waals surface area contributed by atoms with E-state index in [-0.39, 0.29) is 6.04 Å². The lowest BCUT2D eigenvalue weighted by atomic mass is 9.89. The molecule has 0 aliphatic heterocycles. The maximum Gasteiger partial charge on any atom is 0.0760 e. The van der Waals surface area contributed by atoms with Gasteiger partial charge in [-0.15, -0.1) is 0 Å². The summed E-state index contributed by atoms with van der Waals surface area (Å²) in [5, 5.41) is 10.5. The molecule has 0 unspecified atom stereocenters. The van der Waals surface area contributed by atoms with Gasteiger partial charge in [-0.2, -0.15) is 0 Å². The molecule has 21 heavy (non-hydrogen) atoms. The summed E-state index contributed by atoms with van der Waals surface area (Å²) in [6, 6.07) is 18.2. The highest BCUT2D eigenvalue weighted by atomic mass is 16.3. The van der Waals surface area contributed by atoms with E-state index >= 15 is 0 Å². The van der Waals surface area contributed by atoms with Gasteiger partial charge in [0, 0.05) is 0 Å². The first kappa shape index (κ1) is 14.3. The monoisotopic (exact) mass is 281 g/mol. The van der Waals surface area contributed by atoms with Gasteiger partial charge < -0.3 is 10.8 Å². The number of benzene rings is 2. The van der Waals surface area contributed by atoms with Crippen molar-refractivity contribution in [3.8, 4) is 11.1 Å². The van der Waals surface area contributed by atoms with Gasteiger partial charge in [-0.05, 0) is 41.5 Å². The van der Waals surface area contributed by atoms with Gasteiger partial charge in [-0.1, -0.05) is 61.4 Å². The average Bonchev–Trinajstić information content (AvgIpc) is 3.09. The van der Waals surface area contributed by atoms with Crippen molar-refractivity contribution in [1.29, 1.82) is 0 Å². The third-order valence-corrected chi connectivity index (χ3v) is 4.63. The zero-order chi connectivity index (χ0) is 14.7. The van der Waals surface area contributed by atoms with Gasteiger partial charge >= 0.3 is 0 Å². The first-order chi connectivity index (χ1) is 10.3. The molecular formula is C19H23NO. The molecule has 0 spiro atoms. The third kappa shape index (κ3) is 3.17. The molecule has 2 aromatic rings. The SMILES string of the molecule is N[C@H](c1cccc(-c2ccccc2)c1)[C@@H](O)C1CCCC1. The van der Waals surface area contributed by atoms with Gasteiger partial charge in [0.1, 0.15) is 0 Å². The van der Waals surface area contributed by atoms with Crippen molar-refractivity contribution in [1.82, 2.24) is 0 Å². The van der Waals surface area contributed by atoms with Crippen LogP contribution in [0.2, 0.25) is 0 Å². The fraction of sp³-hybridized carbons (Fsp3) is 0.368. The van der Waals surface area contributed by atoms with Crippen LogP contribution < -0.4 is 5.73 Å². The van der Waals surface area contributed by atoms with Crippen molar-refractivity contribution < 1.29 is 5.11 Å². The quantitative estimate of drug-likeness (QED) is 0.892. The molecule has 0 saturated heterocycles. The van der Waals surface area contributed by atoms with Crippen LogP contribution in [0.4, 0.5) is 0 Å². The van der Waals surface area contributed by atoms with E-state index in [1.807, 2.05) is 30.3 Å². The van der Waals surface area contributed by atoms with E-state index in [0.717, 1.165) is 24.0 Å². The van der Waals surface area contributed by atoms with Crippen molar-refractivity contribution >= 4 is 0 Å². The summed E-state index contributed by atoms with van der Waals surface area (Å²) < 4.78 is 0. The number of rotatable bonds is 4. The smallest absolute Gasteiger partial charge is 0.0760 e. The van der Waals surface area contributed by atoms with Gasteiger partial charge in [0.15, 0.2) is 0 Å². The summed E-state index contributed by atoms with van der Waals surface area (Å²) in [5.41, 5.74) is 9.68. The Morgan fingerprint density at radius 2 is 1.57 bits per heavy atom. The molecule has 1 fully saturated rings. The first-order valence-electron chi connectivity index (χ1n) is 7.85. The van der Waals surface area contributed by atoms with Gasteiger partial charge in [0.25, 0.3) is 0 Å². The summed E-state index contributed by atoms with van der Waals surface area (Å²) in [6.45, 7) is 0. The summed E-state index contributed by atoms with van der Waals surface area (Å²) in [4.78, 5) is 0. The molecule has 3 N–H and O–H groups in total. The molecule has 3 rings (SSSR count). The second-order valence-electron chi connectivity index (χ2n) is 6.05. The molecule has 1 saturated carbocycles. The summed E-state index contributed by atoms with van der Waals surface area (Å²) in [7, 11) is 0. The lowest BCUT2D eigenvalue weighted by Crippen LogP contribution is -2.31. The molecule has 2 aromatic carbocycles. The number of hydrogen-bond donors (Lipinski definition) is 2. The minimum Gasteiger partial charge on any atom is -0.391 e. The number of nitrogens with two attached hydrogens (primary N) is 1. The van der Waals surface area contributed by atoms with Gasteiger partial charge in [0.05, 0.1) is 12.1 Å². The highest BCUT2D eigenvalue weighted by molar-refractivity contribution is 5.64. The van der Waals surface area contributed by atoms with E-state index in [1.54, 1.807) is 0 Å². The standard InChI is InChI=1S/C19H23NO/c20-18(19(21)15-9-4-5-10-15)17-12-6-11-16(13-17)14-7-2-1-3-8-14/h1-3,6-8,11-13,15,18-19,21H,4-5,9-10,20H2/t18-,19+/m1/s1. The topological polar surface area (TPSA) is 46.2 Å². The van der Waals surface area contributed by atoms with Crippen LogP contribution in [-0.2, 0) is 0 Å². The van der Waals surface area contributed by atoms with Crippen LogP contribution in [0, 0.1) is 5.92 Å². The van der Waals surface area contributed by atoms with Crippen LogP contribution in [0.25, 0.3) is 11.1 Å². The Morgan fingerprint density at radius 3 is 2.29 bits per heavy atom. The molecule has 110 valence electrons. The number of hydrogen-bond acceptors (Lipinski definition) is 2. The normalized spacial score (nSPS) is 18.6. The largest absolute Gasteiger partial charge is 0.391 e. The van der Waals surface area contributed by atoms with Crippen LogP contribution in [-0.4, -0.2) is 11.2 Å². The summed E-state index contributed by atoms with van der Waals surface area (Å²) in [6.07, 6.45) is 4.22. The van der Waals surface area contributed by atoms with E-state index in [0.29, 0.717) is 5.92 Å². The maximum atomic E-state index is 10.5. The molecule has 0 bridgehead atoms. The molecule has 2 nitrogen and oxygen atoms in total. The predicted molar refractivity (Wildman–Crippen MR) is 86.8 cm³/mol. The zero-order valence-corrected chi connectivity index (χ0v) is 12.3. The Bertz CT molecular complexity index is 575. The van der Waals surface area contributed by atoms with Crippen molar-refractivity contribution in [3.05, 3.63) is 60.2 Å². The Hall–Kier alpha value is -1.64. The zero-order valence-electron chi connectivity index (χ0n) is 12.3.